The van der Waals surface area contributed by atoms with Crippen LogP contribution in [0.15, 0.2) is 4.99 Å². The van der Waals surface area contributed by atoms with Gasteiger partial charge in [0.05, 0.1) is 19.8 Å². The van der Waals surface area contributed by atoms with Crippen LogP contribution in [0, 0.1) is 0 Å². The highest BCUT2D eigenvalue weighted by Crippen LogP contribution is 2.17. The predicted molar refractivity (Wildman–Crippen MR) is 107 cm³/mol. The second-order valence-corrected chi connectivity index (χ2v) is 8.07. The van der Waals surface area contributed by atoms with Gasteiger partial charge in [-0.1, -0.05) is 13.8 Å². The van der Waals surface area contributed by atoms with Gasteiger partial charge in [0.25, 0.3) is 0 Å². The van der Waals surface area contributed by atoms with Gasteiger partial charge in [-0.15, -0.1) is 0 Å². The fraction of sp³-hybridized carbons (Fsp3) is 0.842. The summed E-state index contributed by atoms with van der Waals surface area (Å²) in [6.07, 6.45) is 2.00. The average molecular weight is 378 g/mol. The zero-order valence-corrected chi connectivity index (χ0v) is 17.4. The zero-order chi connectivity index (χ0) is 19.4. The van der Waals surface area contributed by atoms with Crippen LogP contribution >= 0.6 is 0 Å². The van der Waals surface area contributed by atoms with E-state index in [1.165, 1.54) is 0 Å². The van der Waals surface area contributed by atoms with Crippen LogP contribution in [0.25, 0.3) is 0 Å². The molecule has 0 bridgehead atoms. The molecule has 3 atom stereocenters. The van der Waals surface area contributed by atoms with E-state index in [-0.39, 0.29) is 0 Å². The molecule has 0 saturated carbocycles. The molecule has 3 unspecified atom stereocenters. The maximum atomic E-state index is 5.54. The molecule has 0 radical (unpaired) electrons. The highest BCUT2D eigenvalue weighted by molar-refractivity contribution is 5.80. The highest BCUT2D eigenvalue weighted by atomic mass is 16.5. The van der Waals surface area contributed by atoms with Crippen LogP contribution in [0.3, 0.4) is 0 Å². The molecule has 1 fully saturated rings. The molecule has 1 aromatic heterocycles. The lowest BCUT2D eigenvalue weighted by Gasteiger charge is -2.38. The molecule has 0 aliphatic carbocycles. The van der Waals surface area contributed by atoms with E-state index in [4.69, 9.17) is 4.74 Å². The number of rotatable bonds is 5. The Morgan fingerprint density at radius 1 is 1.37 bits per heavy atom. The average Bonchev–Trinajstić information content (AvgIpc) is 3.09. The molecule has 152 valence electrons. The van der Waals surface area contributed by atoms with Crippen molar-refractivity contribution in [1.82, 2.24) is 30.3 Å². The van der Waals surface area contributed by atoms with Crippen molar-refractivity contribution in [3.8, 4) is 0 Å². The Morgan fingerprint density at radius 3 is 2.89 bits per heavy atom. The topological polar surface area (TPSA) is 79.6 Å². The van der Waals surface area contributed by atoms with Crippen molar-refractivity contribution in [1.29, 1.82) is 0 Å². The maximum absolute atomic E-state index is 5.54. The molecule has 0 amide bonds. The van der Waals surface area contributed by atoms with E-state index in [2.05, 4.69) is 63.0 Å². The molecule has 2 aliphatic rings. The van der Waals surface area contributed by atoms with Gasteiger partial charge in [0.2, 0.25) is 0 Å². The normalized spacial score (nSPS) is 25.3. The quantitative estimate of drug-likeness (QED) is 0.588. The van der Waals surface area contributed by atoms with Crippen molar-refractivity contribution >= 4 is 5.96 Å². The molecule has 1 saturated heterocycles. The molecular weight excluding hydrogens is 342 g/mol. The van der Waals surface area contributed by atoms with Gasteiger partial charge < -0.3 is 15.4 Å². The molecule has 3 rings (SSSR count). The van der Waals surface area contributed by atoms with Crippen LogP contribution in [0.2, 0.25) is 0 Å². The van der Waals surface area contributed by atoms with Gasteiger partial charge in [-0.25, -0.2) is 9.67 Å². The molecule has 8 nitrogen and oxygen atoms in total. The lowest BCUT2D eigenvalue weighted by molar-refractivity contribution is -0.0174. The third-order valence-electron chi connectivity index (χ3n) is 5.51. The SMILES string of the molecule is CN=C(NCC(C)N1CCOCC1C)NC1CCc2nc(C(C)C)nn2C1. The Kier molecular flexibility index (Phi) is 6.70. The number of aryl methyl sites for hydroxylation is 1. The summed E-state index contributed by atoms with van der Waals surface area (Å²) in [5, 5.41) is 11.7. The zero-order valence-electron chi connectivity index (χ0n) is 17.4. The van der Waals surface area contributed by atoms with Crippen LogP contribution in [0.5, 0.6) is 0 Å². The molecule has 27 heavy (non-hydrogen) atoms. The van der Waals surface area contributed by atoms with Gasteiger partial charge in [0.1, 0.15) is 5.82 Å². The summed E-state index contributed by atoms with van der Waals surface area (Å²) in [5.41, 5.74) is 0. The van der Waals surface area contributed by atoms with Crippen molar-refractivity contribution in [3.05, 3.63) is 11.6 Å². The molecule has 8 heteroatoms. The van der Waals surface area contributed by atoms with Crippen molar-refractivity contribution in [2.24, 2.45) is 4.99 Å². The molecule has 3 heterocycles. The van der Waals surface area contributed by atoms with E-state index in [0.29, 0.717) is 24.0 Å². The first kappa shape index (κ1) is 20.1. The minimum absolute atomic E-state index is 0.322. The standard InChI is InChI=1S/C19H35N7O/c1-13(2)18-23-17-7-6-16(11-26(17)24-18)22-19(20-5)21-10-14(3)25-8-9-27-12-15(25)4/h13-16H,6-12H2,1-5H3,(H2,20,21,22). The largest absolute Gasteiger partial charge is 0.379 e. The van der Waals surface area contributed by atoms with E-state index >= 15 is 0 Å². The first-order chi connectivity index (χ1) is 13.0. The van der Waals surface area contributed by atoms with Gasteiger partial charge in [0, 0.05) is 50.6 Å². The number of aliphatic imine (C=N–C) groups is 1. The number of aromatic nitrogens is 3. The van der Waals surface area contributed by atoms with E-state index in [0.717, 1.165) is 63.3 Å². The molecule has 2 N–H and O–H groups in total. The smallest absolute Gasteiger partial charge is 0.191 e. The summed E-state index contributed by atoms with van der Waals surface area (Å²) in [5.74, 6) is 3.28. The summed E-state index contributed by atoms with van der Waals surface area (Å²) in [6.45, 7) is 13.1. The number of morpholine rings is 1. The van der Waals surface area contributed by atoms with Gasteiger partial charge in [0.15, 0.2) is 11.8 Å². The Labute approximate surface area is 162 Å². The molecule has 2 aliphatic heterocycles. The van der Waals surface area contributed by atoms with Crippen LogP contribution in [0.4, 0.5) is 0 Å². The first-order valence-corrected chi connectivity index (χ1v) is 10.2. The molecule has 0 spiro atoms. The van der Waals surface area contributed by atoms with E-state index in [1.54, 1.807) is 0 Å². The Morgan fingerprint density at radius 2 is 2.19 bits per heavy atom. The minimum Gasteiger partial charge on any atom is -0.379 e. The highest BCUT2D eigenvalue weighted by Gasteiger charge is 2.25. The molecular formula is C19H35N7O. The number of ether oxygens (including phenoxy) is 1. The fourth-order valence-corrected chi connectivity index (χ4v) is 3.84. The summed E-state index contributed by atoms with van der Waals surface area (Å²) in [6, 6.07) is 1.22. The Balaban J connectivity index is 1.50. The third-order valence-corrected chi connectivity index (χ3v) is 5.51. The second kappa shape index (κ2) is 9.01. The van der Waals surface area contributed by atoms with Crippen LogP contribution in [-0.4, -0.2) is 77.1 Å². The number of hydrogen-bond donors (Lipinski definition) is 2. The van der Waals surface area contributed by atoms with Crippen molar-refractivity contribution in [3.63, 3.8) is 0 Å². The number of fused-ring (bicyclic) bond motifs is 1. The lowest BCUT2D eigenvalue weighted by Crippen LogP contribution is -2.54. The number of nitrogens with zero attached hydrogens (tertiary/aromatic N) is 5. The maximum Gasteiger partial charge on any atom is 0.191 e. The second-order valence-electron chi connectivity index (χ2n) is 8.07. The Hall–Kier alpha value is -1.67. The van der Waals surface area contributed by atoms with E-state index < -0.39 is 0 Å². The van der Waals surface area contributed by atoms with Gasteiger partial charge in [-0.3, -0.25) is 9.89 Å². The molecule has 1 aromatic rings. The fourth-order valence-electron chi connectivity index (χ4n) is 3.84. The summed E-state index contributed by atoms with van der Waals surface area (Å²) in [7, 11) is 1.83. The summed E-state index contributed by atoms with van der Waals surface area (Å²) < 4.78 is 7.60. The number of nitrogens with one attached hydrogen (secondary N) is 2. The summed E-state index contributed by atoms with van der Waals surface area (Å²) >= 11 is 0. The lowest BCUT2D eigenvalue weighted by atomic mass is 10.1. The van der Waals surface area contributed by atoms with Crippen LogP contribution < -0.4 is 10.6 Å². The van der Waals surface area contributed by atoms with Gasteiger partial charge in [-0.2, -0.15) is 5.10 Å². The van der Waals surface area contributed by atoms with Gasteiger partial charge in [-0.05, 0) is 20.3 Å². The van der Waals surface area contributed by atoms with Gasteiger partial charge >= 0.3 is 0 Å². The Bertz CT molecular complexity index is 642. The monoisotopic (exact) mass is 377 g/mol. The van der Waals surface area contributed by atoms with Crippen molar-refractivity contribution < 1.29 is 4.74 Å². The van der Waals surface area contributed by atoms with Crippen molar-refractivity contribution in [2.75, 3.05) is 33.4 Å². The van der Waals surface area contributed by atoms with Crippen molar-refractivity contribution in [2.45, 2.75) is 71.1 Å². The predicted octanol–water partition coefficient (Wildman–Crippen LogP) is 0.991. The number of hydrogen-bond acceptors (Lipinski definition) is 5. The van der Waals surface area contributed by atoms with E-state index in [9.17, 15) is 0 Å². The van der Waals surface area contributed by atoms with Crippen LogP contribution in [-0.2, 0) is 17.7 Å². The number of guanidine groups is 1. The third kappa shape index (κ3) is 4.99. The van der Waals surface area contributed by atoms with E-state index in [1.807, 2.05) is 7.05 Å². The summed E-state index contributed by atoms with van der Waals surface area (Å²) in [4.78, 5) is 11.6. The molecule has 0 aromatic carbocycles. The first-order valence-electron chi connectivity index (χ1n) is 10.2. The minimum atomic E-state index is 0.322. The van der Waals surface area contributed by atoms with Crippen LogP contribution in [0.1, 0.15) is 51.7 Å².